The summed E-state index contributed by atoms with van der Waals surface area (Å²) >= 11 is 0. The van der Waals surface area contributed by atoms with Gasteiger partial charge >= 0.3 is 6.09 Å². The Labute approximate surface area is 132 Å². The van der Waals surface area contributed by atoms with Crippen LogP contribution in [0.1, 0.15) is 33.6 Å². The van der Waals surface area contributed by atoms with Crippen LogP contribution in [0.3, 0.4) is 0 Å². The number of nitrogens with one attached hydrogen (secondary N) is 1. The third-order valence-electron chi connectivity index (χ3n) is 3.92. The molecule has 0 aromatic carbocycles. The minimum atomic E-state index is -3.22. The largest absolute Gasteiger partial charge is 0.453 e. The molecule has 0 spiro atoms. The van der Waals surface area contributed by atoms with Crippen LogP contribution in [0.2, 0.25) is 0 Å². The number of rotatable bonds is 4. The van der Waals surface area contributed by atoms with E-state index < -0.39 is 27.6 Å². The molecule has 8 heteroatoms. The van der Waals surface area contributed by atoms with Gasteiger partial charge in [0.15, 0.2) is 5.78 Å². The van der Waals surface area contributed by atoms with Crippen LogP contribution in [0.15, 0.2) is 0 Å². The predicted octanol–water partition coefficient (Wildman–Crippen LogP) is 0.998. The maximum atomic E-state index is 12.6. The summed E-state index contributed by atoms with van der Waals surface area (Å²) in [5.74, 6) is -0.167. The number of sulfonamides is 1. The first-order valence-corrected chi connectivity index (χ1v) is 9.15. The minimum Gasteiger partial charge on any atom is -0.453 e. The van der Waals surface area contributed by atoms with E-state index in [0.717, 1.165) is 0 Å². The van der Waals surface area contributed by atoms with E-state index in [9.17, 15) is 18.0 Å². The number of Topliss-reactive ketones (excluding diaryl/α,β-unsaturated/α-hetero) is 1. The third-order valence-corrected chi connectivity index (χ3v) is 5.22. The average Bonchev–Trinajstić information content (AvgIpc) is 2.42. The summed E-state index contributed by atoms with van der Waals surface area (Å²) in [6.45, 7) is 6.12. The fourth-order valence-electron chi connectivity index (χ4n) is 2.59. The third kappa shape index (κ3) is 4.95. The number of carbonyl (C=O) groups is 2. The van der Waals surface area contributed by atoms with Crippen LogP contribution < -0.4 is 5.32 Å². The maximum absolute atomic E-state index is 12.6. The summed E-state index contributed by atoms with van der Waals surface area (Å²) in [6.07, 6.45) is 1.60. The van der Waals surface area contributed by atoms with Crippen LogP contribution in [0, 0.1) is 11.3 Å². The van der Waals surface area contributed by atoms with Crippen molar-refractivity contribution in [2.45, 2.75) is 39.7 Å². The topological polar surface area (TPSA) is 92.8 Å². The Morgan fingerprint density at radius 1 is 1.23 bits per heavy atom. The highest BCUT2D eigenvalue weighted by Crippen LogP contribution is 2.27. The van der Waals surface area contributed by atoms with Gasteiger partial charge in [-0.25, -0.2) is 17.5 Å². The molecule has 128 valence electrons. The van der Waals surface area contributed by atoms with Gasteiger partial charge in [0.25, 0.3) is 0 Å². The zero-order valence-electron chi connectivity index (χ0n) is 13.9. The fourth-order valence-corrected chi connectivity index (χ4v) is 3.46. The zero-order chi connectivity index (χ0) is 17.1. The molecule has 1 heterocycles. The van der Waals surface area contributed by atoms with Crippen LogP contribution in [0.4, 0.5) is 4.79 Å². The number of ketones is 1. The van der Waals surface area contributed by atoms with Gasteiger partial charge in [0.05, 0.1) is 19.4 Å². The molecule has 0 unspecified atom stereocenters. The summed E-state index contributed by atoms with van der Waals surface area (Å²) < 4.78 is 29.1. The van der Waals surface area contributed by atoms with Crippen molar-refractivity contribution >= 4 is 21.9 Å². The highest BCUT2D eigenvalue weighted by Gasteiger charge is 2.38. The Bertz CT molecular complexity index is 516. The zero-order valence-corrected chi connectivity index (χ0v) is 14.7. The van der Waals surface area contributed by atoms with Crippen molar-refractivity contribution in [3.05, 3.63) is 0 Å². The van der Waals surface area contributed by atoms with E-state index in [-0.39, 0.29) is 11.7 Å². The lowest BCUT2D eigenvalue weighted by Gasteiger charge is -2.36. The van der Waals surface area contributed by atoms with Gasteiger partial charge in [-0.05, 0) is 18.8 Å². The Kier molecular flexibility index (Phi) is 5.97. The normalized spacial score (nSPS) is 19.5. The Morgan fingerprint density at radius 2 is 1.73 bits per heavy atom. The van der Waals surface area contributed by atoms with Gasteiger partial charge in [-0.3, -0.25) is 4.79 Å². The molecule has 1 atom stereocenters. The van der Waals surface area contributed by atoms with E-state index in [1.54, 1.807) is 20.8 Å². The van der Waals surface area contributed by atoms with Crippen molar-refractivity contribution in [3.8, 4) is 0 Å². The Balaban J connectivity index is 2.86. The number of carbonyl (C=O) groups excluding carboxylic acids is 2. The first-order chi connectivity index (χ1) is 9.96. The second-order valence-corrected chi connectivity index (χ2v) is 8.71. The Morgan fingerprint density at radius 3 is 2.09 bits per heavy atom. The first-order valence-electron chi connectivity index (χ1n) is 7.30. The molecule has 0 radical (unpaired) electrons. The van der Waals surface area contributed by atoms with E-state index in [2.05, 4.69) is 10.1 Å². The highest BCUT2D eigenvalue weighted by atomic mass is 32.2. The van der Waals surface area contributed by atoms with Gasteiger partial charge in [-0.15, -0.1) is 0 Å². The first kappa shape index (κ1) is 18.9. The molecule has 1 rings (SSSR count). The Hall–Kier alpha value is -1.15. The number of nitrogens with zero attached hydrogens (tertiary/aromatic N) is 1. The predicted molar refractivity (Wildman–Crippen MR) is 82.9 cm³/mol. The number of hydrogen-bond donors (Lipinski definition) is 1. The van der Waals surface area contributed by atoms with Crippen molar-refractivity contribution in [2.75, 3.05) is 26.5 Å². The number of alkyl carbamates (subject to hydrolysis) is 1. The smallest absolute Gasteiger partial charge is 0.407 e. The highest BCUT2D eigenvalue weighted by molar-refractivity contribution is 7.88. The molecule has 1 aliphatic heterocycles. The van der Waals surface area contributed by atoms with Crippen molar-refractivity contribution < 1.29 is 22.7 Å². The SMILES string of the molecule is COC(=O)N[C@H](C(=O)C(C)(C)C)C1CCN(S(C)(=O)=O)CC1. The molecule has 0 aromatic heterocycles. The minimum absolute atomic E-state index is 0.0734. The second kappa shape index (κ2) is 6.95. The lowest BCUT2D eigenvalue weighted by Crippen LogP contribution is -2.53. The fraction of sp³-hybridized carbons (Fsp3) is 0.857. The van der Waals surface area contributed by atoms with E-state index in [0.29, 0.717) is 25.9 Å². The van der Waals surface area contributed by atoms with E-state index in [4.69, 9.17) is 0 Å². The van der Waals surface area contributed by atoms with E-state index in [1.165, 1.54) is 17.7 Å². The van der Waals surface area contributed by atoms with Gasteiger partial charge in [-0.1, -0.05) is 20.8 Å². The summed E-state index contributed by atoms with van der Waals surface area (Å²) in [6, 6.07) is -0.658. The quantitative estimate of drug-likeness (QED) is 0.828. The summed E-state index contributed by atoms with van der Waals surface area (Å²) in [7, 11) is -1.96. The summed E-state index contributed by atoms with van der Waals surface area (Å²) in [5, 5.41) is 2.62. The lowest BCUT2D eigenvalue weighted by atomic mass is 9.78. The molecular weight excluding hydrogens is 308 g/mol. The number of ether oxygens (including phenoxy) is 1. The molecule has 0 bridgehead atoms. The number of hydrogen-bond acceptors (Lipinski definition) is 5. The van der Waals surface area contributed by atoms with E-state index >= 15 is 0 Å². The number of piperidine rings is 1. The molecule has 0 aliphatic carbocycles. The van der Waals surface area contributed by atoms with Crippen LogP contribution in [-0.4, -0.2) is 57.1 Å². The van der Waals surface area contributed by atoms with Crippen molar-refractivity contribution in [3.63, 3.8) is 0 Å². The number of methoxy groups -OCH3 is 1. The summed E-state index contributed by atoms with van der Waals surface area (Å²) in [5.41, 5.74) is -0.598. The molecule has 22 heavy (non-hydrogen) atoms. The molecule has 1 N–H and O–H groups in total. The van der Waals surface area contributed by atoms with Gasteiger partial charge in [-0.2, -0.15) is 0 Å². The van der Waals surface area contributed by atoms with Crippen LogP contribution in [0.25, 0.3) is 0 Å². The van der Waals surface area contributed by atoms with Gasteiger partial charge in [0.1, 0.15) is 0 Å². The second-order valence-electron chi connectivity index (χ2n) is 6.73. The van der Waals surface area contributed by atoms with Crippen molar-refractivity contribution in [2.24, 2.45) is 11.3 Å². The standard InChI is InChI=1S/C14H26N2O5S/c1-14(2,3)12(17)11(15-13(18)21-4)10-6-8-16(9-7-10)22(5,19)20/h10-11H,6-9H2,1-5H3,(H,15,18)/t11-/m0/s1. The van der Waals surface area contributed by atoms with Gasteiger partial charge < -0.3 is 10.1 Å². The van der Waals surface area contributed by atoms with Crippen LogP contribution in [-0.2, 0) is 19.6 Å². The average molecular weight is 334 g/mol. The van der Waals surface area contributed by atoms with Crippen molar-refractivity contribution in [1.82, 2.24) is 9.62 Å². The van der Waals surface area contributed by atoms with E-state index in [1.807, 2.05) is 0 Å². The molecule has 0 aromatic rings. The molecule has 1 fully saturated rings. The molecule has 0 saturated carbocycles. The van der Waals surface area contributed by atoms with Crippen LogP contribution >= 0.6 is 0 Å². The lowest BCUT2D eigenvalue weighted by molar-refractivity contribution is -0.130. The van der Waals surface area contributed by atoms with Crippen molar-refractivity contribution in [1.29, 1.82) is 0 Å². The monoisotopic (exact) mass is 334 g/mol. The molecule has 1 amide bonds. The van der Waals surface area contributed by atoms with Gasteiger partial charge in [0.2, 0.25) is 10.0 Å². The van der Waals surface area contributed by atoms with Crippen LogP contribution in [0.5, 0.6) is 0 Å². The molecule has 1 saturated heterocycles. The molecule has 7 nitrogen and oxygen atoms in total. The maximum Gasteiger partial charge on any atom is 0.407 e. The van der Waals surface area contributed by atoms with Gasteiger partial charge in [0, 0.05) is 18.5 Å². The molecular formula is C14H26N2O5S. The summed E-state index contributed by atoms with van der Waals surface area (Å²) in [4.78, 5) is 24.1. The molecule has 1 aliphatic rings. The number of amides is 1.